The molecule has 1 aromatic carbocycles. The lowest BCUT2D eigenvalue weighted by molar-refractivity contribution is -0.122. The van der Waals surface area contributed by atoms with Gasteiger partial charge in [-0.3, -0.25) is 25.4 Å². The molecule has 2 amide bonds. The van der Waals surface area contributed by atoms with E-state index in [4.69, 9.17) is 4.74 Å². The zero-order valence-corrected chi connectivity index (χ0v) is 13.1. The number of pyridine rings is 1. The maximum absolute atomic E-state index is 11.7. The quantitative estimate of drug-likeness (QED) is 0.827. The molecular weight excluding hydrogens is 294 g/mol. The van der Waals surface area contributed by atoms with Gasteiger partial charge in [0, 0.05) is 12.4 Å². The molecule has 0 bridgehead atoms. The molecule has 0 aliphatic rings. The van der Waals surface area contributed by atoms with Gasteiger partial charge in [-0.2, -0.15) is 0 Å². The summed E-state index contributed by atoms with van der Waals surface area (Å²) >= 11 is 0. The molecule has 0 aliphatic carbocycles. The molecule has 0 unspecified atom stereocenters. The molecule has 0 aliphatic heterocycles. The van der Waals surface area contributed by atoms with Crippen molar-refractivity contribution in [1.29, 1.82) is 0 Å². The molecule has 0 atom stereocenters. The van der Waals surface area contributed by atoms with Crippen LogP contribution in [0.15, 0.2) is 42.7 Å². The highest BCUT2D eigenvalue weighted by Gasteiger charge is 2.07. The number of carbonyl (C=O) groups is 2. The second-order valence-electron chi connectivity index (χ2n) is 5.11. The second kappa shape index (κ2) is 7.93. The third kappa shape index (κ3) is 5.10. The van der Waals surface area contributed by atoms with Crippen molar-refractivity contribution in [2.24, 2.45) is 0 Å². The normalized spacial score (nSPS) is 10.0. The summed E-state index contributed by atoms with van der Waals surface area (Å²) in [5.74, 6) is 0.0107. The van der Waals surface area contributed by atoms with Crippen molar-refractivity contribution in [3.8, 4) is 5.75 Å². The molecule has 0 saturated heterocycles. The van der Waals surface area contributed by atoms with Crippen molar-refractivity contribution in [3.63, 3.8) is 0 Å². The van der Waals surface area contributed by atoms with Crippen LogP contribution in [0.3, 0.4) is 0 Å². The Bertz CT molecular complexity index is 687. The minimum atomic E-state index is -0.415. The first-order chi connectivity index (χ1) is 11.1. The number of hydrogen-bond acceptors (Lipinski definition) is 4. The smallest absolute Gasteiger partial charge is 0.271 e. The van der Waals surface area contributed by atoms with E-state index in [1.165, 1.54) is 6.20 Å². The number of nitrogens with zero attached hydrogens (tertiary/aromatic N) is 1. The van der Waals surface area contributed by atoms with Crippen LogP contribution in [-0.4, -0.2) is 23.4 Å². The Labute approximate surface area is 134 Å². The van der Waals surface area contributed by atoms with Crippen molar-refractivity contribution in [2.75, 3.05) is 6.61 Å². The number of aromatic nitrogens is 1. The minimum absolute atomic E-state index is 0.140. The van der Waals surface area contributed by atoms with E-state index in [2.05, 4.69) is 15.8 Å². The molecule has 6 heteroatoms. The number of rotatable bonds is 5. The van der Waals surface area contributed by atoms with Gasteiger partial charge in [0.15, 0.2) is 0 Å². The summed E-state index contributed by atoms with van der Waals surface area (Å²) in [6.07, 6.45) is 3.13. The number of hydrazine groups is 1. The molecule has 0 radical (unpaired) electrons. The molecule has 120 valence electrons. The van der Waals surface area contributed by atoms with Gasteiger partial charge in [-0.05, 0) is 37.6 Å². The Balaban J connectivity index is 1.72. The fourth-order valence-corrected chi connectivity index (χ4v) is 1.97. The highest BCUT2D eigenvalue weighted by molar-refractivity contribution is 5.95. The summed E-state index contributed by atoms with van der Waals surface area (Å²) in [4.78, 5) is 27.2. The summed E-state index contributed by atoms with van der Waals surface area (Å²) in [6.45, 7) is 4.20. The van der Waals surface area contributed by atoms with Crippen LogP contribution in [0.5, 0.6) is 5.75 Å². The predicted octanol–water partition coefficient (Wildman–Crippen LogP) is 1.93. The van der Waals surface area contributed by atoms with Crippen LogP contribution in [0.2, 0.25) is 0 Å². The second-order valence-corrected chi connectivity index (χ2v) is 5.11. The third-order valence-electron chi connectivity index (χ3n) is 3.16. The Morgan fingerprint density at radius 3 is 2.70 bits per heavy atom. The largest absolute Gasteiger partial charge is 0.493 e. The van der Waals surface area contributed by atoms with Crippen LogP contribution in [0.1, 0.15) is 27.9 Å². The first-order valence-electron chi connectivity index (χ1n) is 7.25. The summed E-state index contributed by atoms with van der Waals surface area (Å²) in [7, 11) is 0. The van der Waals surface area contributed by atoms with Gasteiger partial charge < -0.3 is 4.74 Å². The van der Waals surface area contributed by atoms with E-state index >= 15 is 0 Å². The van der Waals surface area contributed by atoms with Crippen molar-refractivity contribution in [1.82, 2.24) is 15.8 Å². The number of nitrogens with one attached hydrogen (secondary N) is 2. The maximum Gasteiger partial charge on any atom is 0.271 e. The van der Waals surface area contributed by atoms with Gasteiger partial charge >= 0.3 is 0 Å². The highest BCUT2D eigenvalue weighted by Crippen LogP contribution is 2.18. The average Bonchev–Trinajstić information content (AvgIpc) is 2.55. The first kappa shape index (κ1) is 16.5. The highest BCUT2D eigenvalue weighted by atomic mass is 16.5. The molecule has 2 N–H and O–H groups in total. The van der Waals surface area contributed by atoms with Crippen molar-refractivity contribution in [3.05, 3.63) is 59.4 Å². The van der Waals surface area contributed by atoms with Crippen molar-refractivity contribution < 1.29 is 14.3 Å². The van der Waals surface area contributed by atoms with Crippen LogP contribution < -0.4 is 15.6 Å². The standard InChI is InChI=1S/C17H19N3O3/c1-12-5-6-15(13(2)10-12)23-9-7-16(21)19-20-17(22)14-4-3-8-18-11-14/h3-6,8,10-11H,7,9H2,1-2H3,(H,19,21)(H,20,22). The zero-order chi connectivity index (χ0) is 16.7. The van der Waals surface area contributed by atoms with E-state index < -0.39 is 5.91 Å². The number of amides is 2. The number of benzene rings is 1. The molecule has 2 aromatic rings. The van der Waals surface area contributed by atoms with Crippen LogP contribution in [0.4, 0.5) is 0 Å². The monoisotopic (exact) mass is 313 g/mol. The number of carbonyl (C=O) groups excluding carboxylic acids is 2. The van der Waals surface area contributed by atoms with E-state index in [0.29, 0.717) is 5.56 Å². The van der Waals surface area contributed by atoms with E-state index in [1.54, 1.807) is 18.3 Å². The van der Waals surface area contributed by atoms with Gasteiger partial charge in [0.1, 0.15) is 5.75 Å². The SMILES string of the molecule is Cc1ccc(OCCC(=O)NNC(=O)c2cccnc2)c(C)c1. The van der Waals surface area contributed by atoms with Gasteiger partial charge in [0.25, 0.3) is 5.91 Å². The fraction of sp³-hybridized carbons (Fsp3) is 0.235. The van der Waals surface area contributed by atoms with E-state index in [0.717, 1.165) is 16.9 Å². The third-order valence-corrected chi connectivity index (χ3v) is 3.16. The lowest BCUT2D eigenvalue weighted by Gasteiger charge is -2.10. The van der Waals surface area contributed by atoms with Gasteiger partial charge in [0.05, 0.1) is 18.6 Å². The van der Waals surface area contributed by atoms with Crippen LogP contribution in [0.25, 0.3) is 0 Å². The summed E-state index contributed by atoms with van der Waals surface area (Å²) < 4.78 is 5.57. The van der Waals surface area contributed by atoms with Crippen LogP contribution in [-0.2, 0) is 4.79 Å². The van der Waals surface area contributed by atoms with Gasteiger partial charge in [-0.1, -0.05) is 17.7 Å². The average molecular weight is 313 g/mol. The van der Waals surface area contributed by atoms with Crippen LogP contribution >= 0.6 is 0 Å². The van der Waals surface area contributed by atoms with Crippen LogP contribution in [0, 0.1) is 13.8 Å². The number of hydrogen-bond donors (Lipinski definition) is 2. The molecule has 6 nitrogen and oxygen atoms in total. The Kier molecular flexibility index (Phi) is 5.68. The molecule has 0 spiro atoms. The van der Waals surface area contributed by atoms with Gasteiger partial charge in [-0.15, -0.1) is 0 Å². The lowest BCUT2D eigenvalue weighted by atomic mass is 10.1. The Hall–Kier alpha value is -2.89. The summed E-state index contributed by atoms with van der Waals surface area (Å²) in [6, 6.07) is 9.11. The molecule has 23 heavy (non-hydrogen) atoms. The molecular formula is C17H19N3O3. The minimum Gasteiger partial charge on any atom is -0.493 e. The molecule has 1 aromatic heterocycles. The summed E-state index contributed by atoms with van der Waals surface area (Å²) in [5.41, 5.74) is 7.23. The van der Waals surface area contributed by atoms with E-state index in [9.17, 15) is 9.59 Å². The fourth-order valence-electron chi connectivity index (χ4n) is 1.97. The molecule has 0 fully saturated rings. The number of ether oxygens (including phenoxy) is 1. The van der Waals surface area contributed by atoms with Gasteiger partial charge in [0.2, 0.25) is 5.91 Å². The first-order valence-corrected chi connectivity index (χ1v) is 7.25. The van der Waals surface area contributed by atoms with Crippen molar-refractivity contribution in [2.45, 2.75) is 20.3 Å². The summed E-state index contributed by atoms with van der Waals surface area (Å²) in [5, 5.41) is 0. The van der Waals surface area contributed by atoms with E-state index in [-0.39, 0.29) is 18.9 Å². The zero-order valence-electron chi connectivity index (χ0n) is 13.1. The predicted molar refractivity (Wildman–Crippen MR) is 85.9 cm³/mol. The topological polar surface area (TPSA) is 80.3 Å². The molecule has 0 saturated carbocycles. The molecule has 2 rings (SSSR count). The van der Waals surface area contributed by atoms with Gasteiger partial charge in [-0.25, -0.2) is 0 Å². The Morgan fingerprint density at radius 1 is 1.17 bits per heavy atom. The van der Waals surface area contributed by atoms with E-state index in [1.807, 2.05) is 32.0 Å². The van der Waals surface area contributed by atoms with Crippen molar-refractivity contribution >= 4 is 11.8 Å². The maximum atomic E-state index is 11.7. The Morgan fingerprint density at radius 2 is 2.00 bits per heavy atom. The molecule has 1 heterocycles. The lowest BCUT2D eigenvalue weighted by Crippen LogP contribution is -2.42. The number of aryl methyl sites for hydroxylation is 2.